The van der Waals surface area contributed by atoms with Gasteiger partial charge in [0, 0.05) is 10.5 Å². The number of nitro groups is 1. The summed E-state index contributed by atoms with van der Waals surface area (Å²) in [7, 11) is 0. The number of hydrogen-bond acceptors (Lipinski definition) is 5. The number of aromatic carboxylic acids is 1. The Morgan fingerprint density at radius 3 is 2.70 bits per heavy atom. The van der Waals surface area contributed by atoms with Crippen LogP contribution in [0.15, 0.2) is 41.0 Å². The fourth-order valence-corrected chi connectivity index (χ4v) is 1.89. The lowest BCUT2D eigenvalue weighted by atomic mass is 10.2. The normalized spacial score (nSPS) is 10.1. The minimum absolute atomic E-state index is 0.0370. The Labute approximate surface area is 121 Å². The molecule has 0 amide bonds. The van der Waals surface area contributed by atoms with Gasteiger partial charge in [0.05, 0.1) is 10.6 Å². The number of hydrogen-bond donors (Lipinski definition) is 2. The van der Waals surface area contributed by atoms with Crippen molar-refractivity contribution in [1.29, 1.82) is 0 Å². The minimum Gasteiger partial charge on any atom is -0.478 e. The van der Waals surface area contributed by atoms with Crippen LogP contribution in [0.4, 0.5) is 17.2 Å². The number of carboxylic acid groups (broad SMARTS) is 1. The highest BCUT2D eigenvalue weighted by Gasteiger charge is 2.18. The average molecular weight is 338 g/mol. The number of carbonyl (C=O) groups is 1. The molecule has 0 aliphatic carbocycles. The monoisotopic (exact) mass is 337 g/mol. The van der Waals surface area contributed by atoms with E-state index >= 15 is 0 Å². The molecule has 0 bridgehead atoms. The summed E-state index contributed by atoms with van der Waals surface area (Å²) >= 11 is 3.31. The number of para-hydroxylation sites is 1. The number of benzene rings is 1. The third-order valence-electron chi connectivity index (χ3n) is 2.44. The summed E-state index contributed by atoms with van der Waals surface area (Å²) in [5, 5.41) is 22.6. The van der Waals surface area contributed by atoms with Gasteiger partial charge in [0.15, 0.2) is 0 Å². The Bertz CT molecular complexity index is 690. The molecule has 0 aliphatic rings. The first-order valence-electron chi connectivity index (χ1n) is 5.38. The van der Waals surface area contributed by atoms with Crippen molar-refractivity contribution < 1.29 is 14.8 Å². The molecule has 0 unspecified atom stereocenters. The molecule has 0 aliphatic heterocycles. The smallest absolute Gasteiger partial charge is 0.339 e. The maximum atomic E-state index is 11.2. The molecule has 0 radical (unpaired) electrons. The molecule has 2 rings (SSSR count). The molecule has 1 aromatic heterocycles. The van der Waals surface area contributed by atoms with Crippen LogP contribution < -0.4 is 5.32 Å². The Morgan fingerprint density at radius 2 is 2.10 bits per heavy atom. The van der Waals surface area contributed by atoms with Gasteiger partial charge in [-0.3, -0.25) is 10.1 Å². The molecular weight excluding hydrogens is 330 g/mol. The lowest BCUT2D eigenvalue weighted by Gasteiger charge is -2.09. The highest BCUT2D eigenvalue weighted by atomic mass is 79.9. The molecule has 0 atom stereocenters. The van der Waals surface area contributed by atoms with Crippen LogP contribution in [-0.2, 0) is 0 Å². The van der Waals surface area contributed by atoms with Crippen LogP contribution >= 0.6 is 15.9 Å². The number of nitrogens with zero attached hydrogens (tertiary/aromatic N) is 2. The Hall–Kier alpha value is -2.48. The summed E-state index contributed by atoms with van der Waals surface area (Å²) in [5.41, 5.74) is -0.0358. The molecule has 1 heterocycles. The molecule has 1 aromatic carbocycles. The van der Waals surface area contributed by atoms with Crippen molar-refractivity contribution in [2.75, 3.05) is 5.32 Å². The zero-order valence-corrected chi connectivity index (χ0v) is 11.5. The van der Waals surface area contributed by atoms with Crippen molar-refractivity contribution >= 4 is 39.1 Å². The molecule has 0 saturated heterocycles. The van der Waals surface area contributed by atoms with Gasteiger partial charge < -0.3 is 10.4 Å². The van der Waals surface area contributed by atoms with E-state index < -0.39 is 10.9 Å². The second-order valence-electron chi connectivity index (χ2n) is 3.76. The van der Waals surface area contributed by atoms with Crippen LogP contribution in [0.5, 0.6) is 0 Å². The minimum atomic E-state index is -1.30. The number of carboxylic acids is 1. The van der Waals surface area contributed by atoms with Crippen LogP contribution in [0.3, 0.4) is 0 Å². The largest absolute Gasteiger partial charge is 0.478 e. The molecule has 2 aromatic rings. The Kier molecular flexibility index (Phi) is 3.94. The quantitative estimate of drug-likeness (QED) is 0.655. The lowest BCUT2D eigenvalue weighted by molar-refractivity contribution is -0.385. The van der Waals surface area contributed by atoms with E-state index in [9.17, 15) is 14.9 Å². The summed E-state index contributed by atoms with van der Waals surface area (Å²) in [6.07, 6.45) is 1.01. The molecule has 102 valence electrons. The van der Waals surface area contributed by atoms with E-state index in [0.717, 1.165) is 16.7 Å². The molecule has 0 saturated carbocycles. The van der Waals surface area contributed by atoms with Crippen LogP contribution in [0, 0.1) is 10.1 Å². The van der Waals surface area contributed by atoms with E-state index in [1.807, 2.05) is 0 Å². The summed E-state index contributed by atoms with van der Waals surface area (Å²) in [5.74, 6) is -1.26. The maximum absolute atomic E-state index is 11.2. The van der Waals surface area contributed by atoms with Crippen molar-refractivity contribution in [3.05, 3.63) is 56.7 Å². The third-order valence-corrected chi connectivity index (χ3v) is 3.13. The summed E-state index contributed by atoms with van der Waals surface area (Å²) in [6, 6.07) is 8.02. The van der Waals surface area contributed by atoms with E-state index in [1.54, 1.807) is 24.3 Å². The molecule has 2 N–H and O–H groups in total. The van der Waals surface area contributed by atoms with Gasteiger partial charge in [0.25, 0.3) is 5.69 Å². The Morgan fingerprint density at radius 1 is 1.40 bits per heavy atom. The van der Waals surface area contributed by atoms with Gasteiger partial charge in [-0.05, 0) is 28.1 Å². The lowest BCUT2D eigenvalue weighted by Crippen LogP contribution is -2.06. The second kappa shape index (κ2) is 5.66. The van der Waals surface area contributed by atoms with Crippen molar-refractivity contribution in [3.63, 3.8) is 0 Å². The SMILES string of the molecule is O=C(O)c1cc([N+](=O)[O-])cnc1Nc1ccccc1Br. The zero-order valence-electron chi connectivity index (χ0n) is 9.91. The second-order valence-corrected chi connectivity index (χ2v) is 4.61. The van der Waals surface area contributed by atoms with Crippen molar-refractivity contribution in [1.82, 2.24) is 4.98 Å². The van der Waals surface area contributed by atoms with Crippen LogP contribution in [-0.4, -0.2) is 21.0 Å². The average Bonchev–Trinajstić information content (AvgIpc) is 2.41. The zero-order chi connectivity index (χ0) is 14.7. The highest BCUT2D eigenvalue weighted by Crippen LogP contribution is 2.27. The van der Waals surface area contributed by atoms with Gasteiger partial charge in [0.2, 0.25) is 0 Å². The van der Waals surface area contributed by atoms with E-state index in [0.29, 0.717) is 5.69 Å². The number of nitrogens with one attached hydrogen (secondary N) is 1. The first-order chi connectivity index (χ1) is 9.49. The third kappa shape index (κ3) is 2.91. The molecule has 0 fully saturated rings. The summed E-state index contributed by atoms with van der Waals surface area (Å²) in [4.78, 5) is 24.9. The Balaban J connectivity index is 2.44. The van der Waals surface area contributed by atoms with Gasteiger partial charge in [0.1, 0.15) is 17.6 Å². The first kappa shape index (κ1) is 13.9. The van der Waals surface area contributed by atoms with Gasteiger partial charge >= 0.3 is 5.97 Å². The number of halogens is 1. The number of pyridine rings is 1. The number of aromatic nitrogens is 1. The van der Waals surface area contributed by atoms with Gasteiger partial charge in [-0.2, -0.15) is 0 Å². The molecule has 0 spiro atoms. The summed E-state index contributed by atoms with van der Waals surface area (Å²) in [6.45, 7) is 0. The van der Waals surface area contributed by atoms with Crippen molar-refractivity contribution in [2.24, 2.45) is 0 Å². The molecule has 8 heteroatoms. The van der Waals surface area contributed by atoms with Crippen LogP contribution in [0.2, 0.25) is 0 Å². The van der Waals surface area contributed by atoms with Gasteiger partial charge in [-0.25, -0.2) is 9.78 Å². The predicted octanol–water partition coefficient (Wildman–Crippen LogP) is 3.19. The number of rotatable bonds is 4. The maximum Gasteiger partial charge on any atom is 0.339 e. The van der Waals surface area contributed by atoms with Crippen molar-refractivity contribution in [2.45, 2.75) is 0 Å². The van der Waals surface area contributed by atoms with E-state index in [2.05, 4.69) is 26.2 Å². The molecular formula is C12H8BrN3O4. The summed E-state index contributed by atoms with van der Waals surface area (Å²) < 4.78 is 0.719. The first-order valence-corrected chi connectivity index (χ1v) is 6.17. The van der Waals surface area contributed by atoms with E-state index in [1.165, 1.54) is 0 Å². The molecule has 7 nitrogen and oxygen atoms in total. The highest BCUT2D eigenvalue weighted by molar-refractivity contribution is 9.10. The van der Waals surface area contributed by atoms with Crippen LogP contribution in [0.25, 0.3) is 0 Å². The predicted molar refractivity (Wildman–Crippen MR) is 75.3 cm³/mol. The van der Waals surface area contributed by atoms with Crippen molar-refractivity contribution in [3.8, 4) is 0 Å². The van der Waals surface area contributed by atoms with E-state index in [-0.39, 0.29) is 17.1 Å². The van der Waals surface area contributed by atoms with Crippen LogP contribution in [0.1, 0.15) is 10.4 Å². The van der Waals surface area contributed by atoms with Gasteiger partial charge in [-0.15, -0.1) is 0 Å². The number of anilines is 2. The fourth-order valence-electron chi connectivity index (χ4n) is 1.51. The standard InChI is InChI=1S/C12H8BrN3O4/c13-9-3-1-2-4-10(9)15-11-8(12(17)18)5-7(6-14-11)16(19)20/h1-6H,(H,14,15)(H,17,18). The fraction of sp³-hybridized carbons (Fsp3) is 0. The van der Waals surface area contributed by atoms with Gasteiger partial charge in [-0.1, -0.05) is 12.1 Å². The molecule has 20 heavy (non-hydrogen) atoms. The topological polar surface area (TPSA) is 105 Å². The van der Waals surface area contributed by atoms with E-state index in [4.69, 9.17) is 5.11 Å².